The van der Waals surface area contributed by atoms with E-state index in [1.165, 1.54) is 28.3 Å². The fraction of sp³-hybridized carbons (Fsp3) is 0.0870. The third-order valence-corrected chi connectivity index (χ3v) is 3.88. The van der Waals surface area contributed by atoms with Crippen molar-refractivity contribution in [2.75, 3.05) is 6.61 Å². The molecule has 0 saturated heterocycles. The fourth-order valence-electron chi connectivity index (χ4n) is 2.39. The summed E-state index contributed by atoms with van der Waals surface area (Å²) in [6, 6.07) is 29.6. The van der Waals surface area contributed by atoms with Gasteiger partial charge in [-0.3, -0.25) is 4.79 Å². The van der Waals surface area contributed by atoms with Crippen molar-refractivity contribution < 1.29 is 15.0 Å². The normalized spacial score (nSPS) is 11.0. The maximum Gasteiger partial charge on any atom is 0.312 e. The number of rotatable bonds is 5. The summed E-state index contributed by atoms with van der Waals surface area (Å²) >= 11 is 0. The number of carboxylic acids is 1. The van der Waals surface area contributed by atoms with Crippen LogP contribution >= 0.6 is 0 Å². The Kier molecular flexibility index (Phi) is 7.34. The van der Waals surface area contributed by atoms with Gasteiger partial charge in [-0.2, -0.15) is 0 Å². The molecule has 3 aromatic rings. The Morgan fingerprint density at radius 3 is 1.54 bits per heavy atom. The van der Waals surface area contributed by atoms with E-state index in [1.807, 2.05) is 12.1 Å². The largest absolute Gasteiger partial charge is 0.481 e. The van der Waals surface area contributed by atoms with Gasteiger partial charge in [0.05, 0.1) is 12.5 Å². The monoisotopic (exact) mass is 346 g/mol. The number of hydrogen-bond acceptors (Lipinski definition) is 2. The van der Waals surface area contributed by atoms with Gasteiger partial charge in [-0.05, 0) is 28.3 Å². The summed E-state index contributed by atoms with van der Waals surface area (Å²) < 4.78 is 0. The first-order valence-corrected chi connectivity index (χ1v) is 8.33. The lowest BCUT2D eigenvalue weighted by atomic mass is 9.99. The van der Waals surface area contributed by atoms with E-state index in [1.54, 1.807) is 0 Å². The van der Waals surface area contributed by atoms with Crippen molar-refractivity contribution in [3.05, 3.63) is 97.6 Å². The molecule has 3 rings (SSSR count). The molecule has 2 N–H and O–H groups in total. The molecule has 26 heavy (non-hydrogen) atoms. The minimum absolute atomic E-state index is 0.376. The SMILES string of the molecule is C=CC(CO)C(=O)O.c1ccc(-c2cccc(-c3ccccc3)c2)cc1. The number of carboxylic acid groups (broad SMARTS) is 1. The Morgan fingerprint density at radius 1 is 0.808 bits per heavy atom. The maximum atomic E-state index is 9.93. The van der Waals surface area contributed by atoms with E-state index in [-0.39, 0.29) is 6.61 Å². The van der Waals surface area contributed by atoms with Gasteiger partial charge in [-0.15, -0.1) is 6.58 Å². The average molecular weight is 346 g/mol. The number of benzene rings is 3. The van der Waals surface area contributed by atoms with E-state index in [0.717, 1.165) is 0 Å². The van der Waals surface area contributed by atoms with Gasteiger partial charge in [0, 0.05) is 0 Å². The summed E-state index contributed by atoms with van der Waals surface area (Å²) in [6.07, 6.45) is 1.20. The minimum atomic E-state index is -1.04. The molecule has 0 amide bonds. The molecule has 3 heteroatoms. The van der Waals surface area contributed by atoms with E-state index < -0.39 is 11.9 Å². The first-order chi connectivity index (χ1) is 12.7. The van der Waals surface area contributed by atoms with Crippen LogP contribution in [0.15, 0.2) is 97.6 Å². The van der Waals surface area contributed by atoms with Crippen molar-refractivity contribution in [3.63, 3.8) is 0 Å². The van der Waals surface area contributed by atoms with E-state index in [2.05, 4.69) is 79.4 Å². The number of aliphatic hydroxyl groups excluding tert-OH is 1. The van der Waals surface area contributed by atoms with Gasteiger partial charge in [0.2, 0.25) is 0 Å². The molecule has 0 aliphatic heterocycles. The third-order valence-electron chi connectivity index (χ3n) is 3.88. The van der Waals surface area contributed by atoms with Gasteiger partial charge >= 0.3 is 5.97 Å². The van der Waals surface area contributed by atoms with Crippen molar-refractivity contribution in [1.29, 1.82) is 0 Å². The number of carbonyl (C=O) groups is 1. The second-order valence-electron chi connectivity index (χ2n) is 5.68. The molecule has 0 aliphatic rings. The first-order valence-electron chi connectivity index (χ1n) is 8.33. The summed E-state index contributed by atoms with van der Waals surface area (Å²) in [5.74, 6) is -1.85. The number of aliphatic hydroxyl groups is 1. The molecule has 0 bridgehead atoms. The van der Waals surface area contributed by atoms with Gasteiger partial charge < -0.3 is 10.2 Å². The molecule has 3 aromatic carbocycles. The second kappa shape index (κ2) is 9.97. The van der Waals surface area contributed by atoms with E-state index in [4.69, 9.17) is 10.2 Å². The molecule has 0 aromatic heterocycles. The van der Waals surface area contributed by atoms with Crippen LogP contribution in [-0.4, -0.2) is 22.8 Å². The standard InChI is InChI=1S/C18H14.C5H8O3/c1-3-8-15(9-4-1)17-12-7-13-18(14-17)16-10-5-2-6-11-16;1-2-4(3-6)5(7)8/h1-14H;2,4,6H,1,3H2,(H,7,8). The summed E-state index contributed by atoms with van der Waals surface area (Å²) in [6.45, 7) is 2.84. The predicted molar refractivity (Wildman–Crippen MR) is 106 cm³/mol. The molecule has 0 heterocycles. The summed E-state index contributed by atoms with van der Waals surface area (Å²) in [5.41, 5.74) is 5.04. The average Bonchev–Trinajstić information content (AvgIpc) is 2.71. The van der Waals surface area contributed by atoms with Crippen LogP contribution in [0.3, 0.4) is 0 Å². The predicted octanol–water partition coefficient (Wildman–Crippen LogP) is 4.89. The topological polar surface area (TPSA) is 57.5 Å². The zero-order chi connectivity index (χ0) is 18.8. The zero-order valence-corrected chi connectivity index (χ0v) is 14.5. The van der Waals surface area contributed by atoms with Crippen molar-refractivity contribution in [2.24, 2.45) is 5.92 Å². The molecular weight excluding hydrogens is 324 g/mol. The highest BCUT2D eigenvalue weighted by Crippen LogP contribution is 2.25. The highest BCUT2D eigenvalue weighted by Gasteiger charge is 2.09. The Bertz CT molecular complexity index is 772. The van der Waals surface area contributed by atoms with Crippen molar-refractivity contribution >= 4 is 5.97 Å². The molecule has 0 spiro atoms. The maximum absolute atomic E-state index is 9.93. The first kappa shape index (κ1) is 19.2. The minimum Gasteiger partial charge on any atom is -0.481 e. The Balaban J connectivity index is 0.000000260. The van der Waals surface area contributed by atoms with E-state index in [9.17, 15) is 4.79 Å². The summed E-state index contributed by atoms with van der Waals surface area (Å²) in [7, 11) is 0. The molecule has 0 aliphatic carbocycles. The lowest BCUT2D eigenvalue weighted by Gasteiger charge is -2.05. The molecule has 0 saturated carbocycles. The van der Waals surface area contributed by atoms with Crippen LogP contribution in [0.2, 0.25) is 0 Å². The van der Waals surface area contributed by atoms with Crippen LogP contribution in [0, 0.1) is 5.92 Å². The quantitative estimate of drug-likeness (QED) is 0.647. The molecular formula is C23H22O3. The molecule has 3 nitrogen and oxygen atoms in total. The van der Waals surface area contributed by atoms with Crippen LogP contribution in [0.1, 0.15) is 0 Å². The van der Waals surface area contributed by atoms with Gasteiger partial charge in [0.1, 0.15) is 0 Å². The fourth-order valence-corrected chi connectivity index (χ4v) is 2.39. The Morgan fingerprint density at radius 2 is 1.23 bits per heavy atom. The van der Waals surface area contributed by atoms with Crippen LogP contribution in [-0.2, 0) is 4.79 Å². The van der Waals surface area contributed by atoms with Crippen molar-refractivity contribution in [2.45, 2.75) is 0 Å². The lowest BCUT2D eigenvalue weighted by Crippen LogP contribution is -2.14. The highest BCUT2D eigenvalue weighted by molar-refractivity contribution is 5.73. The van der Waals surface area contributed by atoms with Crippen molar-refractivity contribution in [1.82, 2.24) is 0 Å². The molecule has 0 radical (unpaired) electrons. The highest BCUT2D eigenvalue weighted by atomic mass is 16.4. The third kappa shape index (κ3) is 5.43. The van der Waals surface area contributed by atoms with Crippen LogP contribution in [0.25, 0.3) is 22.3 Å². The van der Waals surface area contributed by atoms with Gasteiger partial charge in [-0.25, -0.2) is 0 Å². The van der Waals surface area contributed by atoms with Crippen molar-refractivity contribution in [3.8, 4) is 22.3 Å². The Labute approximate surface area is 153 Å². The number of hydrogen-bond donors (Lipinski definition) is 2. The van der Waals surface area contributed by atoms with E-state index in [0.29, 0.717) is 0 Å². The molecule has 1 atom stereocenters. The van der Waals surface area contributed by atoms with Crippen LogP contribution in [0.5, 0.6) is 0 Å². The van der Waals surface area contributed by atoms with Crippen LogP contribution < -0.4 is 0 Å². The smallest absolute Gasteiger partial charge is 0.312 e. The molecule has 1 unspecified atom stereocenters. The lowest BCUT2D eigenvalue weighted by molar-refractivity contribution is -0.141. The zero-order valence-electron chi connectivity index (χ0n) is 14.5. The Hall–Kier alpha value is -3.17. The summed E-state index contributed by atoms with van der Waals surface area (Å²) in [5, 5.41) is 16.4. The van der Waals surface area contributed by atoms with Crippen LogP contribution in [0.4, 0.5) is 0 Å². The molecule has 132 valence electrons. The number of aliphatic carboxylic acids is 1. The van der Waals surface area contributed by atoms with Gasteiger partial charge in [0.15, 0.2) is 0 Å². The van der Waals surface area contributed by atoms with Gasteiger partial charge in [0.25, 0.3) is 0 Å². The second-order valence-corrected chi connectivity index (χ2v) is 5.68. The van der Waals surface area contributed by atoms with E-state index >= 15 is 0 Å². The summed E-state index contributed by atoms with van der Waals surface area (Å²) in [4.78, 5) is 9.93. The van der Waals surface area contributed by atoms with Gasteiger partial charge in [-0.1, -0.05) is 84.9 Å². The molecule has 0 fully saturated rings.